The quantitative estimate of drug-likeness (QED) is 0.397. The number of benzene rings is 2. The summed E-state index contributed by atoms with van der Waals surface area (Å²) in [4.78, 5) is 21.9. The molecule has 2 aliphatic rings. The molecule has 1 amide bonds. The first kappa shape index (κ1) is 16.2. The molecule has 2 aromatic heterocycles. The molecule has 2 saturated heterocycles. The van der Waals surface area contributed by atoms with Gasteiger partial charge in [-0.1, -0.05) is 36.0 Å². The van der Waals surface area contributed by atoms with Gasteiger partial charge in [-0.25, -0.2) is 9.97 Å². The molecule has 2 fully saturated rings. The van der Waals surface area contributed by atoms with Crippen LogP contribution in [0.4, 0.5) is 0 Å². The van der Waals surface area contributed by atoms with E-state index in [4.69, 9.17) is 4.74 Å². The molecule has 0 saturated carbocycles. The smallest absolute Gasteiger partial charge is 0.259 e. The number of nitrogens with zero attached hydrogens (tertiary/aromatic N) is 2. The molecular formula is C21H13N3O2S2. The van der Waals surface area contributed by atoms with Crippen LogP contribution in [0, 0.1) is 0 Å². The van der Waals surface area contributed by atoms with Crippen LogP contribution in [-0.2, 0) is 9.53 Å². The number of fused-ring (bicyclic) bond motifs is 3. The standard InChI is InChI=1S/C21H13N3O2S2/c25-19-17(28-21-20(24-19)26-21)8-11-5-6-15-13(7-11)18(23-10-22-15)14-9-27-16-4-2-1-3-12(14)16/h1-10,20-21H,(H,24,25)/b17-8-. The Morgan fingerprint density at radius 2 is 2.04 bits per heavy atom. The van der Waals surface area contributed by atoms with Crippen LogP contribution >= 0.6 is 23.1 Å². The van der Waals surface area contributed by atoms with E-state index in [2.05, 4.69) is 38.9 Å². The summed E-state index contributed by atoms with van der Waals surface area (Å²) in [6.45, 7) is 0. The predicted molar refractivity (Wildman–Crippen MR) is 113 cm³/mol. The van der Waals surface area contributed by atoms with Crippen LogP contribution in [0.15, 0.2) is 59.1 Å². The average molecular weight is 403 g/mol. The minimum absolute atomic E-state index is 0.0421. The lowest BCUT2D eigenvalue weighted by molar-refractivity contribution is -0.117. The SMILES string of the molecule is O=C1NC2OC2S/C1=C\c1ccc2ncnc(-c3csc4ccccc34)c2c1. The first-order valence-electron chi connectivity index (χ1n) is 8.82. The van der Waals surface area contributed by atoms with E-state index in [1.807, 2.05) is 30.3 Å². The molecule has 0 spiro atoms. The molecule has 28 heavy (non-hydrogen) atoms. The number of thioether (sulfide) groups is 1. The zero-order valence-electron chi connectivity index (χ0n) is 14.5. The molecule has 4 heterocycles. The number of rotatable bonds is 2. The van der Waals surface area contributed by atoms with Gasteiger partial charge in [-0.15, -0.1) is 11.3 Å². The molecule has 2 unspecified atom stereocenters. The van der Waals surface area contributed by atoms with E-state index in [0.29, 0.717) is 4.91 Å². The summed E-state index contributed by atoms with van der Waals surface area (Å²) in [6, 6.07) is 14.3. The van der Waals surface area contributed by atoms with E-state index >= 15 is 0 Å². The second kappa shape index (κ2) is 6.13. The molecule has 7 heteroatoms. The van der Waals surface area contributed by atoms with Crippen LogP contribution in [0.25, 0.3) is 38.3 Å². The minimum atomic E-state index is -0.127. The molecule has 5 nitrogen and oxygen atoms in total. The molecule has 1 N–H and O–H groups in total. The maximum atomic E-state index is 12.2. The summed E-state index contributed by atoms with van der Waals surface area (Å²) < 4.78 is 6.60. The first-order chi connectivity index (χ1) is 13.8. The van der Waals surface area contributed by atoms with Crippen molar-refractivity contribution >= 4 is 56.1 Å². The van der Waals surface area contributed by atoms with Crippen LogP contribution in [-0.4, -0.2) is 27.5 Å². The van der Waals surface area contributed by atoms with E-state index in [1.54, 1.807) is 17.7 Å². The van der Waals surface area contributed by atoms with Crippen molar-refractivity contribution in [1.82, 2.24) is 15.3 Å². The number of epoxide rings is 1. The Balaban J connectivity index is 1.49. The van der Waals surface area contributed by atoms with Crippen molar-refractivity contribution in [3.8, 4) is 11.3 Å². The monoisotopic (exact) mass is 403 g/mol. The molecule has 6 rings (SSSR count). The molecule has 0 bridgehead atoms. The zero-order chi connectivity index (χ0) is 18.7. The van der Waals surface area contributed by atoms with E-state index in [-0.39, 0.29) is 17.6 Å². The Hall–Kier alpha value is -2.74. The molecule has 2 aromatic carbocycles. The molecule has 2 aliphatic heterocycles. The molecular weight excluding hydrogens is 390 g/mol. The number of aromatic nitrogens is 2. The van der Waals surface area contributed by atoms with Crippen molar-refractivity contribution in [2.75, 3.05) is 0 Å². The van der Waals surface area contributed by atoms with Crippen molar-refractivity contribution in [2.45, 2.75) is 11.7 Å². The van der Waals surface area contributed by atoms with Gasteiger partial charge in [0.05, 0.1) is 16.1 Å². The van der Waals surface area contributed by atoms with Crippen LogP contribution in [0.2, 0.25) is 0 Å². The highest BCUT2D eigenvalue weighted by Gasteiger charge is 2.46. The van der Waals surface area contributed by atoms with E-state index in [9.17, 15) is 4.79 Å². The Labute approximate surface area is 168 Å². The zero-order valence-corrected chi connectivity index (χ0v) is 16.1. The van der Waals surface area contributed by atoms with Crippen molar-refractivity contribution in [3.63, 3.8) is 0 Å². The molecule has 4 aromatic rings. The third-order valence-corrected chi connectivity index (χ3v) is 7.00. The van der Waals surface area contributed by atoms with Gasteiger partial charge in [0.25, 0.3) is 5.91 Å². The van der Waals surface area contributed by atoms with E-state index in [0.717, 1.165) is 27.7 Å². The number of hydrogen-bond acceptors (Lipinski definition) is 6. The number of nitrogens with one attached hydrogen (secondary N) is 1. The van der Waals surface area contributed by atoms with Gasteiger partial charge < -0.3 is 10.1 Å². The summed E-state index contributed by atoms with van der Waals surface area (Å²) in [7, 11) is 0. The summed E-state index contributed by atoms with van der Waals surface area (Å²) in [6.07, 6.45) is 3.38. The minimum Gasteiger partial charge on any atom is -0.336 e. The highest BCUT2D eigenvalue weighted by Crippen LogP contribution is 2.41. The fourth-order valence-electron chi connectivity index (χ4n) is 3.46. The second-order valence-corrected chi connectivity index (χ2v) is 8.72. The van der Waals surface area contributed by atoms with E-state index < -0.39 is 0 Å². The number of hydrogen-bond donors (Lipinski definition) is 1. The van der Waals surface area contributed by atoms with Gasteiger partial charge in [0, 0.05) is 26.4 Å². The lowest BCUT2D eigenvalue weighted by Gasteiger charge is -2.11. The third kappa shape index (κ3) is 2.63. The van der Waals surface area contributed by atoms with Gasteiger partial charge in [0.2, 0.25) is 0 Å². The Kier molecular flexibility index (Phi) is 3.56. The normalized spacial score (nSPS) is 22.4. The lowest BCUT2D eigenvalue weighted by Crippen LogP contribution is -2.31. The number of amides is 1. The first-order valence-corrected chi connectivity index (χ1v) is 10.6. The van der Waals surface area contributed by atoms with Crippen LogP contribution < -0.4 is 5.32 Å². The van der Waals surface area contributed by atoms with Crippen molar-refractivity contribution in [1.29, 1.82) is 0 Å². The van der Waals surface area contributed by atoms with E-state index in [1.165, 1.54) is 21.8 Å². The Morgan fingerprint density at radius 1 is 1.11 bits per heavy atom. The highest BCUT2D eigenvalue weighted by molar-refractivity contribution is 8.05. The Bertz CT molecular complexity index is 1300. The number of carbonyl (C=O) groups excluding carboxylic acids is 1. The fraction of sp³-hybridized carbons (Fsp3) is 0.0952. The van der Waals surface area contributed by atoms with Crippen LogP contribution in [0.1, 0.15) is 5.56 Å². The lowest BCUT2D eigenvalue weighted by atomic mass is 10.0. The van der Waals surface area contributed by atoms with Crippen LogP contribution in [0.3, 0.4) is 0 Å². The number of thiophene rings is 1. The number of ether oxygens (including phenoxy) is 1. The van der Waals surface area contributed by atoms with Gasteiger partial charge in [0.1, 0.15) is 6.33 Å². The summed E-state index contributed by atoms with van der Waals surface area (Å²) in [5, 5.41) is 7.15. The summed E-state index contributed by atoms with van der Waals surface area (Å²) in [5.74, 6) is -0.0859. The molecule has 0 aliphatic carbocycles. The molecule has 0 radical (unpaired) electrons. The number of carbonyl (C=O) groups is 1. The highest BCUT2D eigenvalue weighted by atomic mass is 32.2. The molecule has 136 valence electrons. The van der Waals surface area contributed by atoms with Gasteiger partial charge in [-0.3, -0.25) is 4.79 Å². The van der Waals surface area contributed by atoms with Gasteiger partial charge in [0.15, 0.2) is 11.7 Å². The summed E-state index contributed by atoms with van der Waals surface area (Å²) in [5.41, 5.74) is 3.89. The fourth-order valence-corrected chi connectivity index (χ4v) is 5.39. The average Bonchev–Trinajstić information content (AvgIpc) is 3.33. The maximum Gasteiger partial charge on any atom is 0.259 e. The van der Waals surface area contributed by atoms with Crippen molar-refractivity contribution in [2.24, 2.45) is 0 Å². The van der Waals surface area contributed by atoms with Crippen molar-refractivity contribution in [3.05, 3.63) is 64.6 Å². The Morgan fingerprint density at radius 3 is 3.00 bits per heavy atom. The van der Waals surface area contributed by atoms with Gasteiger partial charge in [-0.2, -0.15) is 0 Å². The summed E-state index contributed by atoms with van der Waals surface area (Å²) >= 11 is 3.18. The van der Waals surface area contributed by atoms with Gasteiger partial charge in [-0.05, 0) is 29.8 Å². The van der Waals surface area contributed by atoms with Crippen LogP contribution in [0.5, 0.6) is 0 Å². The second-order valence-electron chi connectivity index (χ2n) is 6.67. The topological polar surface area (TPSA) is 67.4 Å². The van der Waals surface area contributed by atoms with Gasteiger partial charge >= 0.3 is 0 Å². The predicted octanol–water partition coefficient (Wildman–Crippen LogP) is 4.40. The molecule has 2 atom stereocenters. The third-order valence-electron chi connectivity index (χ3n) is 4.88. The maximum absolute atomic E-state index is 12.2. The largest absolute Gasteiger partial charge is 0.336 e. The van der Waals surface area contributed by atoms with Crippen molar-refractivity contribution < 1.29 is 9.53 Å².